The molecule has 1 aliphatic rings. The average Bonchev–Trinajstić information content (AvgIpc) is 2.98. The number of nitrogens with zero attached hydrogens (tertiary/aromatic N) is 4. The van der Waals surface area contributed by atoms with Crippen molar-refractivity contribution in [2.24, 2.45) is 0 Å². The van der Waals surface area contributed by atoms with E-state index in [0.717, 1.165) is 30.0 Å². The molecule has 0 saturated carbocycles. The molecule has 0 bridgehead atoms. The highest BCUT2D eigenvalue weighted by molar-refractivity contribution is 6.17. The topological polar surface area (TPSA) is 34.0 Å². The number of alkyl halides is 1. The number of halogens is 1. The van der Waals surface area contributed by atoms with Crippen LogP contribution in [0.5, 0.6) is 0 Å². The molecule has 3 rings (SSSR count). The van der Waals surface area contributed by atoms with Crippen LogP contribution >= 0.6 is 11.6 Å². The third-order valence-corrected chi connectivity index (χ3v) is 4.49. The molecule has 0 N–H and O–H groups in total. The van der Waals surface area contributed by atoms with Gasteiger partial charge in [-0.25, -0.2) is 9.97 Å². The van der Waals surface area contributed by atoms with E-state index in [2.05, 4.69) is 28.4 Å². The highest BCUT2D eigenvalue weighted by atomic mass is 35.5. The first-order valence-electron chi connectivity index (χ1n) is 7.27. The number of aromatic nitrogens is 3. The molecule has 20 heavy (non-hydrogen) atoms. The van der Waals surface area contributed by atoms with E-state index >= 15 is 0 Å². The number of likely N-dealkylation sites (N-methyl/N-ethyl adjacent to an activating group) is 1. The Labute approximate surface area is 124 Å². The summed E-state index contributed by atoms with van der Waals surface area (Å²) in [5.41, 5.74) is 3.21. The minimum absolute atomic E-state index is 0.587. The lowest BCUT2D eigenvalue weighted by molar-refractivity contribution is 0.282. The predicted octanol–water partition coefficient (Wildman–Crippen LogP) is 2.62. The average molecular weight is 293 g/mol. The lowest BCUT2D eigenvalue weighted by atomic mass is 10.2. The number of rotatable bonds is 4. The third-order valence-electron chi connectivity index (χ3n) is 4.30. The molecule has 1 fully saturated rings. The summed E-state index contributed by atoms with van der Waals surface area (Å²) in [4.78, 5) is 11.8. The molecule has 1 aliphatic heterocycles. The summed E-state index contributed by atoms with van der Waals surface area (Å²) in [6, 6.07) is 2.61. The molecule has 108 valence electrons. The van der Waals surface area contributed by atoms with Crippen molar-refractivity contribution in [3.8, 4) is 0 Å². The molecule has 4 nitrogen and oxygen atoms in total. The van der Waals surface area contributed by atoms with Crippen molar-refractivity contribution in [3.63, 3.8) is 0 Å². The Kier molecular flexibility index (Phi) is 3.94. The van der Waals surface area contributed by atoms with Gasteiger partial charge in [0.2, 0.25) is 0 Å². The van der Waals surface area contributed by atoms with Crippen LogP contribution in [0.15, 0.2) is 12.3 Å². The van der Waals surface area contributed by atoms with E-state index in [1.807, 2.05) is 12.3 Å². The van der Waals surface area contributed by atoms with Gasteiger partial charge in [0.1, 0.15) is 11.3 Å². The van der Waals surface area contributed by atoms with Crippen LogP contribution in [0, 0.1) is 6.92 Å². The smallest absolute Gasteiger partial charge is 0.160 e. The Morgan fingerprint density at radius 1 is 1.45 bits per heavy atom. The highest BCUT2D eigenvalue weighted by Gasteiger charge is 2.23. The quantitative estimate of drug-likeness (QED) is 0.813. The van der Waals surface area contributed by atoms with Gasteiger partial charge >= 0.3 is 0 Å². The van der Waals surface area contributed by atoms with Gasteiger partial charge in [0, 0.05) is 31.1 Å². The molecule has 0 aromatic carbocycles. The van der Waals surface area contributed by atoms with Crippen LogP contribution in [-0.2, 0) is 13.0 Å². The summed E-state index contributed by atoms with van der Waals surface area (Å²) >= 11 is 5.94. The molecule has 0 radical (unpaired) electrons. The molecule has 0 amide bonds. The standard InChI is InChI=1S/C15H21ClN4/c1-11-6-8-17-15-14(11)18-13(5-7-16)20(15)10-12-4-3-9-19(12)2/h6,8,12H,3-5,7,9-10H2,1-2H3. The minimum atomic E-state index is 0.587. The van der Waals surface area contributed by atoms with E-state index in [9.17, 15) is 0 Å². The zero-order valence-electron chi connectivity index (χ0n) is 12.1. The fourth-order valence-electron chi connectivity index (χ4n) is 3.07. The van der Waals surface area contributed by atoms with Crippen molar-refractivity contribution in [2.75, 3.05) is 19.5 Å². The number of hydrogen-bond donors (Lipinski definition) is 0. The number of hydrogen-bond acceptors (Lipinski definition) is 3. The van der Waals surface area contributed by atoms with Crippen LogP contribution in [0.25, 0.3) is 11.2 Å². The largest absolute Gasteiger partial charge is 0.311 e. The number of aryl methyl sites for hydroxylation is 2. The second-order valence-corrected chi connectivity index (χ2v) is 6.03. The summed E-state index contributed by atoms with van der Waals surface area (Å²) < 4.78 is 2.28. The maximum atomic E-state index is 5.94. The Bertz CT molecular complexity index is 607. The Balaban J connectivity index is 2.02. The summed E-state index contributed by atoms with van der Waals surface area (Å²) in [5.74, 6) is 1.67. The molecular formula is C15H21ClN4. The van der Waals surface area contributed by atoms with Gasteiger partial charge in [-0.3, -0.25) is 0 Å². The summed E-state index contributed by atoms with van der Waals surface area (Å²) in [6.45, 7) is 4.25. The van der Waals surface area contributed by atoms with Crippen LogP contribution in [-0.4, -0.2) is 44.9 Å². The molecule has 3 heterocycles. The normalized spacial score (nSPS) is 20.1. The van der Waals surface area contributed by atoms with Crippen molar-refractivity contribution < 1.29 is 0 Å². The van der Waals surface area contributed by atoms with Gasteiger partial charge in [-0.1, -0.05) is 0 Å². The molecule has 1 unspecified atom stereocenters. The van der Waals surface area contributed by atoms with E-state index in [1.54, 1.807) is 0 Å². The first-order chi connectivity index (χ1) is 9.70. The fourth-order valence-corrected chi connectivity index (χ4v) is 3.24. The second-order valence-electron chi connectivity index (χ2n) is 5.65. The molecule has 0 aliphatic carbocycles. The molecular weight excluding hydrogens is 272 g/mol. The molecule has 2 aromatic heterocycles. The Morgan fingerprint density at radius 2 is 2.30 bits per heavy atom. The van der Waals surface area contributed by atoms with Crippen LogP contribution in [0.3, 0.4) is 0 Å². The summed E-state index contributed by atoms with van der Waals surface area (Å²) in [7, 11) is 2.21. The van der Waals surface area contributed by atoms with Crippen molar-refractivity contribution in [1.82, 2.24) is 19.4 Å². The van der Waals surface area contributed by atoms with Gasteiger partial charge in [-0.15, -0.1) is 11.6 Å². The maximum Gasteiger partial charge on any atom is 0.160 e. The molecule has 2 aromatic rings. The first-order valence-corrected chi connectivity index (χ1v) is 7.81. The molecule has 0 spiro atoms. The molecule has 5 heteroatoms. The van der Waals surface area contributed by atoms with E-state index in [1.165, 1.54) is 24.9 Å². The van der Waals surface area contributed by atoms with Crippen molar-refractivity contribution in [1.29, 1.82) is 0 Å². The maximum absolute atomic E-state index is 5.94. The van der Waals surface area contributed by atoms with Gasteiger partial charge in [-0.05, 0) is 45.0 Å². The van der Waals surface area contributed by atoms with Gasteiger partial charge in [-0.2, -0.15) is 0 Å². The molecule has 1 saturated heterocycles. The van der Waals surface area contributed by atoms with E-state index in [-0.39, 0.29) is 0 Å². The summed E-state index contributed by atoms with van der Waals surface area (Å²) in [5, 5.41) is 0. The third kappa shape index (κ3) is 2.42. The van der Waals surface area contributed by atoms with Crippen molar-refractivity contribution >= 4 is 22.8 Å². The minimum Gasteiger partial charge on any atom is -0.311 e. The van der Waals surface area contributed by atoms with Crippen molar-refractivity contribution in [2.45, 2.75) is 38.8 Å². The SMILES string of the molecule is Cc1ccnc2c1nc(CCCl)n2CC1CCCN1C. The van der Waals surface area contributed by atoms with Gasteiger partial charge < -0.3 is 9.47 Å². The summed E-state index contributed by atoms with van der Waals surface area (Å²) in [6.07, 6.45) is 5.21. The van der Waals surface area contributed by atoms with Crippen LogP contribution in [0.4, 0.5) is 0 Å². The van der Waals surface area contributed by atoms with Crippen LogP contribution < -0.4 is 0 Å². The zero-order chi connectivity index (χ0) is 14.1. The zero-order valence-corrected chi connectivity index (χ0v) is 12.9. The van der Waals surface area contributed by atoms with Crippen LogP contribution in [0.1, 0.15) is 24.2 Å². The lowest BCUT2D eigenvalue weighted by Gasteiger charge is -2.21. The number of fused-ring (bicyclic) bond motifs is 1. The van der Waals surface area contributed by atoms with E-state index in [0.29, 0.717) is 11.9 Å². The fraction of sp³-hybridized carbons (Fsp3) is 0.600. The van der Waals surface area contributed by atoms with Crippen LogP contribution in [0.2, 0.25) is 0 Å². The molecule has 1 atom stereocenters. The number of imidazole rings is 1. The van der Waals surface area contributed by atoms with Gasteiger partial charge in [0.15, 0.2) is 5.65 Å². The van der Waals surface area contributed by atoms with E-state index in [4.69, 9.17) is 16.6 Å². The number of pyridine rings is 1. The van der Waals surface area contributed by atoms with E-state index < -0.39 is 0 Å². The Hall–Kier alpha value is -1.13. The van der Waals surface area contributed by atoms with Gasteiger partial charge in [0.25, 0.3) is 0 Å². The Morgan fingerprint density at radius 3 is 3.00 bits per heavy atom. The lowest BCUT2D eigenvalue weighted by Crippen LogP contribution is -2.30. The number of likely N-dealkylation sites (tertiary alicyclic amines) is 1. The highest BCUT2D eigenvalue weighted by Crippen LogP contribution is 2.22. The second kappa shape index (κ2) is 5.70. The monoisotopic (exact) mass is 292 g/mol. The van der Waals surface area contributed by atoms with Crippen molar-refractivity contribution in [3.05, 3.63) is 23.7 Å². The first kappa shape index (κ1) is 13.8. The predicted molar refractivity (Wildman–Crippen MR) is 82.3 cm³/mol. The van der Waals surface area contributed by atoms with Gasteiger partial charge in [0.05, 0.1) is 0 Å².